The van der Waals surface area contributed by atoms with Crippen LogP contribution in [-0.4, -0.2) is 5.97 Å². The molecule has 1 atom stereocenters. The van der Waals surface area contributed by atoms with Gasteiger partial charge in [0.15, 0.2) is 0 Å². The van der Waals surface area contributed by atoms with E-state index >= 15 is 0 Å². The average Bonchev–Trinajstić information content (AvgIpc) is 2.17. The van der Waals surface area contributed by atoms with Crippen LogP contribution in [0.15, 0.2) is 24.3 Å². The van der Waals surface area contributed by atoms with E-state index in [9.17, 15) is 4.79 Å². The monoisotopic (exact) mass is 282 g/mol. The highest BCUT2D eigenvalue weighted by molar-refractivity contribution is 9.09. The molecule has 0 aliphatic heterocycles. The standard InChI is InChI=1S/C8H5BrCl2O2/c9-7(8(12)13-11)5-1-3-6(10)4-2-5/h1-4,7H. The first-order valence-corrected chi connectivity index (χ1v) is 4.97. The van der Waals surface area contributed by atoms with E-state index in [1.165, 1.54) is 0 Å². The largest absolute Gasteiger partial charge is 0.346 e. The second-order valence-corrected chi connectivity index (χ2v) is 3.82. The Morgan fingerprint density at radius 1 is 1.38 bits per heavy atom. The van der Waals surface area contributed by atoms with E-state index in [0.717, 1.165) is 5.56 Å². The first-order valence-electron chi connectivity index (χ1n) is 3.37. The lowest BCUT2D eigenvalue weighted by Gasteiger charge is -2.05. The molecule has 0 aliphatic carbocycles. The molecule has 2 nitrogen and oxygen atoms in total. The molecule has 0 N–H and O–H groups in total. The molecule has 5 heteroatoms. The Labute approximate surface area is 94.1 Å². The van der Waals surface area contributed by atoms with Gasteiger partial charge in [-0.1, -0.05) is 39.7 Å². The lowest BCUT2D eigenvalue weighted by atomic mass is 10.1. The van der Waals surface area contributed by atoms with Crippen LogP contribution in [0.25, 0.3) is 0 Å². The lowest BCUT2D eigenvalue weighted by molar-refractivity contribution is -0.133. The van der Waals surface area contributed by atoms with Gasteiger partial charge in [-0.2, -0.15) is 0 Å². The van der Waals surface area contributed by atoms with Gasteiger partial charge in [-0.3, -0.25) is 0 Å². The van der Waals surface area contributed by atoms with Crippen molar-refractivity contribution in [2.45, 2.75) is 4.83 Å². The van der Waals surface area contributed by atoms with E-state index in [2.05, 4.69) is 20.2 Å². The molecule has 0 spiro atoms. The van der Waals surface area contributed by atoms with Crippen LogP contribution in [-0.2, 0) is 9.08 Å². The highest BCUT2D eigenvalue weighted by atomic mass is 79.9. The van der Waals surface area contributed by atoms with E-state index in [-0.39, 0.29) is 0 Å². The van der Waals surface area contributed by atoms with Crippen molar-refractivity contribution in [1.29, 1.82) is 0 Å². The molecular formula is C8H5BrCl2O2. The molecule has 0 heterocycles. The van der Waals surface area contributed by atoms with Gasteiger partial charge in [-0.15, -0.1) is 0 Å². The maximum absolute atomic E-state index is 11.0. The van der Waals surface area contributed by atoms with Crippen LogP contribution < -0.4 is 0 Å². The number of carbonyl (C=O) groups excluding carboxylic acids is 1. The van der Waals surface area contributed by atoms with Crippen LogP contribution in [0.4, 0.5) is 0 Å². The van der Waals surface area contributed by atoms with Gasteiger partial charge < -0.3 is 4.29 Å². The zero-order valence-electron chi connectivity index (χ0n) is 6.34. The summed E-state index contributed by atoms with van der Waals surface area (Å²) in [5.41, 5.74) is 0.745. The quantitative estimate of drug-likeness (QED) is 0.777. The highest BCUT2D eigenvalue weighted by Gasteiger charge is 2.18. The van der Waals surface area contributed by atoms with Crippen LogP contribution >= 0.6 is 39.4 Å². The summed E-state index contributed by atoms with van der Waals surface area (Å²) < 4.78 is 4.05. The minimum atomic E-state index is -0.553. The molecule has 13 heavy (non-hydrogen) atoms. The zero-order chi connectivity index (χ0) is 9.84. The molecule has 0 saturated carbocycles. The van der Waals surface area contributed by atoms with Crippen LogP contribution in [0.5, 0.6) is 0 Å². The predicted octanol–water partition coefficient (Wildman–Crippen LogP) is 3.47. The van der Waals surface area contributed by atoms with Gasteiger partial charge in [-0.05, 0) is 17.7 Å². The van der Waals surface area contributed by atoms with Gasteiger partial charge in [0, 0.05) is 5.02 Å². The van der Waals surface area contributed by atoms with Crippen LogP contribution in [0.3, 0.4) is 0 Å². The summed E-state index contributed by atoms with van der Waals surface area (Å²) in [6, 6.07) is 6.81. The first kappa shape index (κ1) is 10.8. The molecule has 0 bridgehead atoms. The van der Waals surface area contributed by atoms with Crippen molar-refractivity contribution >= 4 is 45.4 Å². The number of carbonyl (C=O) groups is 1. The Bertz CT molecular complexity index is 300. The third kappa shape index (κ3) is 2.86. The summed E-state index contributed by atoms with van der Waals surface area (Å²) in [5.74, 6) is -0.552. The summed E-state index contributed by atoms with van der Waals surface area (Å²) in [6.45, 7) is 0. The topological polar surface area (TPSA) is 26.3 Å². The molecule has 0 fully saturated rings. The van der Waals surface area contributed by atoms with Gasteiger partial charge in [0.05, 0.1) is 0 Å². The van der Waals surface area contributed by atoms with Gasteiger partial charge in [0.2, 0.25) is 0 Å². The smallest absolute Gasteiger partial charge is 0.342 e. The SMILES string of the molecule is O=C(OCl)C(Br)c1ccc(Cl)cc1. The minimum Gasteiger partial charge on any atom is -0.346 e. The van der Waals surface area contributed by atoms with E-state index in [1.54, 1.807) is 24.3 Å². The Balaban J connectivity index is 2.83. The van der Waals surface area contributed by atoms with E-state index in [0.29, 0.717) is 5.02 Å². The second kappa shape index (κ2) is 4.84. The van der Waals surface area contributed by atoms with Gasteiger partial charge in [-0.25, -0.2) is 4.79 Å². The fourth-order valence-corrected chi connectivity index (χ4v) is 1.53. The molecule has 0 aliphatic rings. The fraction of sp³-hybridized carbons (Fsp3) is 0.125. The second-order valence-electron chi connectivity index (χ2n) is 2.31. The Morgan fingerprint density at radius 3 is 2.38 bits per heavy atom. The number of hydrogen-bond donors (Lipinski definition) is 0. The van der Waals surface area contributed by atoms with E-state index in [4.69, 9.17) is 23.5 Å². The summed E-state index contributed by atoms with van der Waals surface area (Å²) in [7, 11) is 0. The number of hydrogen-bond acceptors (Lipinski definition) is 2. The van der Waals surface area contributed by atoms with Gasteiger partial charge >= 0.3 is 5.97 Å². The summed E-state index contributed by atoms with van der Waals surface area (Å²) in [5, 5.41) is 0.614. The molecule has 1 aromatic carbocycles. The van der Waals surface area contributed by atoms with Crippen LogP contribution in [0, 0.1) is 0 Å². The number of alkyl halides is 1. The average molecular weight is 284 g/mol. The Hall–Kier alpha value is -0.250. The maximum Gasteiger partial charge on any atom is 0.342 e. The van der Waals surface area contributed by atoms with Crippen molar-refractivity contribution in [1.82, 2.24) is 0 Å². The summed E-state index contributed by atoms with van der Waals surface area (Å²) in [6.07, 6.45) is 0. The predicted molar refractivity (Wildman–Crippen MR) is 55.1 cm³/mol. The Kier molecular flexibility index (Phi) is 4.03. The molecule has 1 unspecified atom stereocenters. The molecule has 1 aromatic rings. The fourth-order valence-electron chi connectivity index (χ4n) is 0.807. The van der Waals surface area contributed by atoms with Crippen molar-refractivity contribution in [3.05, 3.63) is 34.9 Å². The Morgan fingerprint density at radius 2 is 1.92 bits per heavy atom. The molecule has 0 aromatic heterocycles. The summed E-state index contributed by atoms with van der Waals surface area (Å²) >= 11 is 13.7. The molecule has 0 saturated heterocycles. The highest BCUT2D eigenvalue weighted by Crippen LogP contribution is 2.25. The zero-order valence-corrected chi connectivity index (χ0v) is 9.43. The molecule has 0 radical (unpaired) electrons. The normalized spacial score (nSPS) is 12.2. The van der Waals surface area contributed by atoms with Gasteiger partial charge in [0.1, 0.15) is 16.7 Å². The first-order chi connectivity index (χ1) is 6.15. The minimum absolute atomic E-state index is 0.552. The summed E-state index contributed by atoms with van der Waals surface area (Å²) in [4.78, 5) is 10.4. The van der Waals surface area contributed by atoms with E-state index < -0.39 is 10.8 Å². The van der Waals surface area contributed by atoms with Crippen LogP contribution in [0.1, 0.15) is 10.4 Å². The maximum atomic E-state index is 11.0. The lowest BCUT2D eigenvalue weighted by Crippen LogP contribution is -2.05. The molecule has 0 amide bonds. The number of benzene rings is 1. The van der Waals surface area contributed by atoms with Crippen molar-refractivity contribution in [3.8, 4) is 0 Å². The number of rotatable bonds is 2. The third-order valence-electron chi connectivity index (χ3n) is 1.45. The van der Waals surface area contributed by atoms with Gasteiger partial charge in [0.25, 0.3) is 0 Å². The third-order valence-corrected chi connectivity index (χ3v) is 2.75. The molecular weight excluding hydrogens is 279 g/mol. The van der Waals surface area contributed by atoms with E-state index in [1.807, 2.05) is 0 Å². The number of halogens is 3. The molecule has 1 rings (SSSR count). The van der Waals surface area contributed by atoms with Crippen molar-refractivity contribution in [3.63, 3.8) is 0 Å². The molecule has 70 valence electrons. The van der Waals surface area contributed by atoms with Crippen molar-refractivity contribution in [2.24, 2.45) is 0 Å². The van der Waals surface area contributed by atoms with Crippen molar-refractivity contribution in [2.75, 3.05) is 0 Å². The van der Waals surface area contributed by atoms with Crippen molar-refractivity contribution < 1.29 is 9.08 Å². The van der Waals surface area contributed by atoms with Crippen LogP contribution in [0.2, 0.25) is 5.02 Å².